The monoisotopic (exact) mass is 450 g/mol. The van der Waals surface area contributed by atoms with Gasteiger partial charge >= 0.3 is 0 Å². The van der Waals surface area contributed by atoms with Gasteiger partial charge in [-0.3, -0.25) is 25.3 Å². The molecule has 0 bridgehead atoms. The maximum Gasteiger partial charge on any atom is 0.279 e. The number of hydrazine groups is 1. The molecule has 2 aromatic carbocycles. The van der Waals surface area contributed by atoms with Crippen LogP contribution in [0.5, 0.6) is 0 Å². The van der Waals surface area contributed by atoms with E-state index in [4.69, 9.17) is 23.2 Å². The second-order valence-corrected chi connectivity index (χ2v) is 8.18. The van der Waals surface area contributed by atoms with Crippen LogP contribution in [0.3, 0.4) is 0 Å². The van der Waals surface area contributed by atoms with Crippen molar-refractivity contribution < 1.29 is 14.7 Å². The Labute approximate surface area is 185 Å². The molecule has 2 aromatic rings. The van der Waals surface area contributed by atoms with E-state index in [9.17, 15) is 14.7 Å². The number of carbonyl (C=O) groups is 2. The molecule has 7 nitrogen and oxygen atoms in total. The lowest BCUT2D eigenvalue weighted by Gasteiger charge is -2.32. The van der Waals surface area contributed by atoms with Gasteiger partial charge in [-0.1, -0.05) is 47.5 Å². The lowest BCUT2D eigenvalue weighted by atomic mass is 9.85. The summed E-state index contributed by atoms with van der Waals surface area (Å²) in [5, 5.41) is 12.3. The fourth-order valence-electron chi connectivity index (χ4n) is 3.28. The van der Waals surface area contributed by atoms with Gasteiger partial charge in [-0.15, -0.1) is 0 Å². The Kier molecular flexibility index (Phi) is 7.33. The normalized spacial score (nSPS) is 15.6. The number of piperazine rings is 1. The molecule has 0 unspecified atom stereocenters. The molecule has 160 valence electrons. The maximum atomic E-state index is 13.0. The molecule has 9 heteroatoms. The number of rotatable bonds is 5. The van der Waals surface area contributed by atoms with E-state index in [1.165, 1.54) is 0 Å². The highest BCUT2D eigenvalue weighted by Gasteiger charge is 2.40. The van der Waals surface area contributed by atoms with Crippen LogP contribution in [-0.2, 0) is 15.2 Å². The number of aliphatic hydroxyl groups is 1. The van der Waals surface area contributed by atoms with E-state index in [0.717, 1.165) is 26.2 Å². The Hall–Kier alpha value is -2.16. The zero-order valence-corrected chi connectivity index (χ0v) is 18.1. The minimum Gasteiger partial charge on any atom is -0.372 e. The van der Waals surface area contributed by atoms with Gasteiger partial charge in [-0.05, 0) is 42.4 Å². The Balaban J connectivity index is 1.73. The molecule has 0 radical (unpaired) electrons. The molecule has 1 aliphatic rings. The predicted octanol–water partition coefficient (Wildman–Crippen LogP) is 1.62. The average Bonchev–Trinajstić information content (AvgIpc) is 2.74. The third-order valence-electron chi connectivity index (χ3n) is 5.13. The van der Waals surface area contributed by atoms with E-state index in [-0.39, 0.29) is 12.5 Å². The summed E-state index contributed by atoms with van der Waals surface area (Å²) in [6.45, 7) is 3.47. The number of nitrogens with one attached hydrogen (secondary N) is 2. The van der Waals surface area contributed by atoms with Crippen molar-refractivity contribution in [3.8, 4) is 0 Å². The molecule has 2 amide bonds. The van der Waals surface area contributed by atoms with Crippen LogP contribution in [0, 0.1) is 0 Å². The third-order valence-corrected chi connectivity index (χ3v) is 5.64. The van der Waals surface area contributed by atoms with Crippen molar-refractivity contribution in [2.24, 2.45) is 0 Å². The number of benzene rings is 2. The van der Waals surface area contributed by atoms with E-state index >= 15 is 0 Å². The third kappa shape index (κ3) is 5.30. The Bertz CT molecular complexity index is 837. The number of hydrogen-bond acceptors (Lipinski definition) is 5. The van der Waals surface area contributed by atoms with Crippen molar-refractivity contribution in [1.82, 2.24) is 20.7 Å². The van der Waals surface area contributed by atoms with Crippen molar-refractivity contribution in [1.29, 1.82) is 0 Å². The minimum atomic E-state index is -2.05. The lowest BCUT2D eigenvalue weighted by Crippen LogP contribution is -2.55. The summed E-state index contributed by atoms with van der Waals surface area (Å²) < 4.78 is 0. The minimum absolute atomic E-state index is 0.161. The molecule has 1 fully saturated rings. The van der Waals surface area contributed by atoms with Gasteiger partial charge in [-0.2, -0.15) is 0 Å². The van der Waals surface area contributed by atoms with Crippen LogP contribution in [0.4, 0.5) is 0 Å². The quantitative estimate of drug-likeness (QED) is 0.602. The average molecular weight is 451 g/mol. The molecule has 1 saturated heterocycles. The Morgan fingerprint density at radius 3 is 1.83 bits per heavy atom. The fourth-order valence-corrected chi connectivity index (χ4v) is 3.53. The number of likely N-dealkylation sites (N-methyl/N-ethyl adjacent to an activating group) is 1. The fraction of sp³-hybridized carbons (Fsp3) is 0.333. The van der Waals surface area contributed by atoms with Gasteiger partial charge in [0.1, 0.15) is 0 Å². The van der Waals surface area contributed by atoms with Gasteiger partial charge in [0.15, 0.2) is 5.60 Å². The summed E-state index contributed by atoms with van der Waals surface area (Å²) in [6.07, 6.45) is 0. The summed E-state index contributed by atoms with van der Waals surface area (Å²) in [6, 6.07) is 12.6. The molecule has 30 heavy (non-hydrogen) atoms. The second kappa shape index (κ2) is 9.76. The SMILES string of the molecule is CN1CCN(CC(=O)NNC(=O)C(O)(c2ccc(Cl)cc2)c2ccc(Cl)cc2)CC1. The molecular formula is C21H24Cl2N4O3. The standard InChI is InChI=1S/C21H24Cl2N4O3/c1-26-10-12-27(13-11-26)14-19(28)24-25-20(29)21(30,15-2-6-17(22)7-3-15)16-4-8-18(23)9-5-16/h2-9,30H,10-14H2,1H3,(H,24,28)(H,25,29). The molecule has 1 aliphatic heterocycles. The van der Waals surface area contributed by atoms with E-state index in [0.29, 0.717) is 21.2 Å². The first kappa shape index (κ1) is 22.5. The molecule has 0 spiro atoms. The van der Waals surface area contributed by atoms with Gasteiger partial charge in [0, 0.05) is 36.2 Å². The zero-order valence-electron chi connectivity index (χ0n) is 16.6. The number of carbonyl (C=O) groups excluding carboxylic acids is 2. The zero-order chi connectivity index (χ0) is 21.7. The van der Waals surface area contributed by atoms with Crippen LogP contribution in [0.25, 0.3) is 0 Å². The summed E-state index contributed by atoms with van der Waals surface area (Å²) >= 11 is 11.9. The van der Waals surface area contributed by atoms with E-state index in [1.807, 2.05) is 11.9 Å². The second-order valence-electron chi connectivity index (χ2n) is 7.31. The van der Waals surface area contributed by atoms with Crippen LogP contribution in [0.1, 0.15) is 11.1 Å². The largest absolute Gasteiger partial charge is 0.372 e. The van der Waals surface area contributed by atoms with Gasteiger partial charge in [0.05, 0.1) is 6.54 Å². The van der Waals surface area contributed by atoms with Gasteiger partial charge in [0.2, 0.25) is 0 Å². The van der Waals surface area contributed by atoms with Gasteiger partial charge in [0.25, 0.3) is 11.8 Å². The molecule has 0 aromatic heterocycles. The van der Waals surface area contributed by atoms with Crippen LogP contribution in [0.2, 0.25) is 10.0 Å². The molecule has 0 aliphatic carbocycles. The number of hydrogen-bond donors (Lipinski definition) is 3. The first-order valence-corrected chi connectivity index (χ1v) is 10.3. The van der Waals surface area contributed by atoms with Crippen LogP contribution in [0.15, 0.2) is 48.5 Å². The number of halogens is 2. The van der Waals surface area contributed by atoms with Crippen molar-refractivity contribution in [2.45, 2.75) is 5.60 Å². The predicted molar refractivity (Wildman–Crippen MR) is 116 cm³/mol. The lowest BCUT2D eigenvalue weighted by molar-refractivity contribution is -0.140. The van der Waals surface area contributed by atoms with Crippen molar-refractivity contribution >= 4 is 35.0 Å². The Morgan fingerprint density at radius 2 is 1.37 bits per heavy atom. The summed E-state index contributed by atoms with van der Waals surface area (Å²) in [5.74, 6) is -1.15. The highest BCUT2D eigenvalue weighted by atomic mass is 35.5. The summed E-state index contributed by atoms with van der Waals surface area (Å²) in [5.41, 5.74) is 3.32. The van der Waals surface area contributed by atoms with Crippen LogP contribution in [-0.4, -0.2) is 66.5 Å². The molecular weight excluding hydrogens is 427 g/mol. The first-order valence-electron chi connectivity index (χ1n) is 9.53. The van der Waals surface area contributed by atoms with E-state index in [1.54, 1.807) is 48.5 Å². The first-order chi connectivity index (χ1) is 14.3. The Morgan fingerprint density at radius 1 is 0.900 bits per heavy atom. The van der Waals surface area contributed by atoms with Crippen LogP contribution >= 0.6 is 23.2 Å². The molecule has 1 heterocycles. The summed E-state index contributed by atoms with van der Waals surface area (Å²) in [4.78, 5) is 29.5. The van der Waals surface area contributed by atoms with Crippen LogP contribution < -0.4 is 10.9 Å². The topological polar surface area (TPSA) is 84.9 Å². The highest BCUT2D eigenvalue weighted by Crippen LogP contribution is 2.31. The molecule has 0 atom stereocenters. The van der Waals surface area contributed by atoms with Crippen molar-refractivity contribution in [2.75, 3.05) is 39.8 Å². The highest BCUT2D eigenvalue weighted by molar-refractivity contribution is 6.30. The van der Waals surface area contributed by atoms with E-state index in [2.05, 4.69) is 15.8 Å². The smallest absolute Gasteiger partial charge is 0.279 e. The maximum absolute atomic E-state index is 13.0. The van der Waals surface area contributed by atoms with Crippen molar-refractivity contribution in [3.05, 3.63) is 69.7 Å². The van der Waals surface area contributed by atoms with Gasteiger partial charge in [-0.25, -0.2) is 0 Å². The molecule has 3 rings (SSSR count). The molecule has 0 saturated carbocycles. The van der Waals surface area contributed by atoms with Gasteiger partial charge < -0.3 is 10.0 Å². The summed E-state index contributed by atoms with van der Waals surface area (Å²) in [7, 11) is 2.03. The number of amides is 2. The van der Waals surface area contributed by atoms with Crippen molar-refractivity contribution in [3.63, 3.8) is 0 Å². The van der Waals surface area contributed by atoms with E-state index < -0.39 is 11.5 Å². The molecule has 3 N–H and O–H groups in total. The number of nitrogens with zero attached hydrogens (tertiary/aromatic N) is 2.